The van der Waals surface area contributed by atoms with Gasteiger partial charge in [0.15, 0.2) is 0 Å². The summed E-state index contributed by atoms with van der Waals surface area (Å²) in [5, 5.41) is 4.58. The molecule has 0 aliphatic carbocycles. The third kappa shape index (κ3) is 7.87. The summed E-state index contributed by atoms with van der Waals surface area (Å²) in [6, 6.07) is 54.8. The van der Waals surface area contributed by atoms with Crippen LogP contribution in [0.15, 0.2) is 170 Å². The number of allylic oxidation sites excluding steroid dienone is 4. The first kappa shape index (κ1) is 44.5. The van der Waals surface area contributed by atoms with Gasteiger partial charge in [0.2, 0.25) is 0 Å². The molecule has 11 rings (SSSR count). The molecule has 0 atom stereocenters. The Hall–Kier alpha value is -7.96. The minimum atomic E-state index is 0.434. The Bertz CT molecular complexity index is 3880. The van der Waals surface area contributed by atoms with Crippen LogP contribution >= 0.6 is 0 Å². The lowest BCUT2D eigenvalue weighted by Crippen LogP contribution is -2.03. The van der Waals surface area contributed by atoms with Crippen LogP contribution in [0, 0.1) is 25.7 Å². The summed E-state index contributed by atoms with van der Waals surface area (Å²) in [5.74, 6) is 2.68. The number of fused-ring (bicyclic) bond motifs is 7. The molecule has 0 amide bonds. The van der Waals surface area contributed by atoms with Crippen molar-refractivity contribution >= 4 is 60.3 Å². The molecule has 0 saturated heterocycles. The average molecular weight is 911 g/mol. The fourth-order valence-corrected chi connectivity index (χ4v) is 10.8. The maximum absolute atomic E-state index is 5.53. The molecule has 0 unspecified atom stereocenters. The SMILES string of the molecule is CC=CC(=CC)n1c(-c2cccc(-c3cc4c(cc(-c5cccc(-c6nc7ccccc7n6-c6ccccc6)c5)c5c(CC(C)C)cc(C)nc54)c4nc(C)cc(CC(C)C)c34)c2)nc2ccccc21. The molecule has 0 spiro atoms. The summed E-state index contributed by atoms with van der Waals surface area (Å²) in [6.07, 6.45) is 8.24. The number of hydrogen-bond donors (Lipinski definition) is 0. The molecule has 0 aliphatic rings. The van der Waals surface area contributed by atoms with Gasteiger partial charge in [-0.15, -0.1) is 0 Å². The summed E-state index contributed by atoms with van der Waals surface area (Å²) >= 11 is 0. The number of hydrogen-bond acceptors (Lipinski definition) is 4. The zero-order valence-corrected chi connectivity index (χ0v) is 41.4. The number of para-hydroxylation sites is 5. The van der Waals surface area contributed by atoms with Gasteiger partial charge in [0.05, 0.1) is 33.1 Å². The van der Waals surface area contributed by atoms with Crippen LogP contribution in [-0.2, 0) is 12.8 Å². The van der Waals surface area contributed by atoms with E-state index in [2.05, 4.69) is 234 Å². The lowest BCUT2D eigenvalue weighted by molar-refractivity contribution is 0.649. The van der Waals surface area contributed by atoms with Gasteiger partial charge in [-0.25, -0.2) is 9.97 Å². The highest BCUT2D eigenvalue weighted by molar-refractivity contribution is 6.23. The Labute approximate surface area is 410 Å². The van der Waals surface area contributed by atoms with Crippen molar-refractivity contribution in [2.75, 3.05) is 0 Å². The Balaban J connectivity index is 1.21. The van der Waals surface area contributed by atoms with E-state index in [4.69, 9.17) is 19.9 Å². The van der Waals surface area contributed by atoms with Crippen molar-refractivity contribution in [1.29, 1.82) is 0 Å². The second-order valence-corrected chi connectivity index (χ2v) is 19.7. The summed E-state index contributed by atoms with van der Waals surface area (Å²) in [6.45, 7) is 17.7. The molecule has 70 heavy (non-hydrogen) atoms. The minimum Gasteiger partial charge on any atom is -0.293 e. The van der Waals surface area contributed by atoms with Crippen LogP contribution in [0.1, 0.15) is 64.1 Å². The number of nitrogens with zero attached hydrogens (tertiary/aromatic N) is 6. The van der Waals surface area contributed by atoms with Crippen molar-refractivity contribution < 1.29 is 0 Å². The first-order valence-electron chi connectivity index (χ1n) is 24.8. The van der Waals surface area contributed by atoms with Crippen molar-refractivity contribution in [2.24, 2.45) is 11.8 Å². The molecule has 0 saturated carbocycles. The fraction of sp³-hybridized carbons (Fsp3) is 0.188. The lowest BCUT2D eigenvalue weighted by atomic mass is 9.85. The predicted octanol–water partition coefficient (Wildman–Crippen LogP) is 16.7. The molecule has 4 aromatic heterocycles. The third-order valence-electron chi connectivity index (χ3n) is 13.5. The van der Waals surface area contributed by atoms with Gasteiger partial charge in [0, 0.05) is 55.4 Å². The maximum atomic E-state index is 5.53. The van der Waals surface area contributed by atoms with Crippen molar-refractivity contribution in [2.45, 2.75) is 68.2 Å². The number of pyridine rings is 2. The van der Waals surface area contributed by atoms with Gasteiger partial charge in [0.1, 0.15) is 11.6 Å². The number of aryl methyl sites for hydroxylation is 2. The van der Waals surface area contributed by atoms with Crippen LogP contribution in [0.5, 0.6) is 0 Å². The molecule has 344 valence electrons. The summed E-state index contributed by atoms with van der Waals surface area (Å²) in [5.41, 5.74) is 19.5. The monoisotopic (exact) mass is 910 g/mol. The van der Waals surface area contributed by atoms with E-state index < -0.39 is 0 Å². The van der Waals surface area contributed by atoms with Crippen molar-refractivity contribution in [3.63, 3.8) is 0 Å². The Morgan fingerprint density at radius 3 is 1.53 bits per heavy atom. The van der Waals surface area contributed by atoms with Crippen LogP contribution in [-0.4, -0.2) is 29.1 Å². The zero-order valence-electron chi connectivity index (χ0n) is 41.4. The standard InChI is InChI=1S/C64H58N6/c1-9-20-49(10-2)69-57-29-16-14-27-55(57)67-63(69)45-23-18-21-43(35-45)51-37-53-54(61-59(51)47(31-39(3)4)33-41(7)65-61)38-52(60-48(32-40(5)6)34-42(8)66-62(53)60)44-22-19-24-46(36-44)64-68-56-28-15-17-30-58(56)70(64)50-25-12-11-13-26-50/h9-30,33-40H,31-32H2,1-8H3. The van der Waals surface area contributed by atoms with Gasteiger partial charge in [-0.3, -0.25) is 19.1 Å². The Kier molecular flexibility index (Phi) is 11.6. The number of benzene rings is 7. The van der Waals surface area contributed by atoms with E-state index in [9.17, 15) is 0 Å². The van der Waals surface area contributed by atoms with Gasteiger partial charge in [-0.05, 0) is 165 Å². The maximum Gasteiger partial charge on any atom is 0.145 e. The molecule has 4 heterocycles. The van der Waals surface area contributed by atoms with Crippen LogP contribution in [0.3, 0.4) is 0 Å². The smallest absolute Gasteiger partial charge is 0.145 e. The van der Waals surface area contributed by atoms with Gasteiger partial charge >= 0.3 is 0 Å². The number of imidazole rings is 2. The van der Waals surface area contributed by atoms with E-state index >= 15 is 0 Å². The topological polar surface area (TPSA) is 61.4 Å². The van der Waals surface area contributed by atoms with E-state index in [1.54, 1.807) is 0 Å². The van der Waals surface area contributed by atoms with E-state index in [0.29, 0.717) is 11.8 Å². The molecule has 0 fully saturated rings. The second kappa shape index (κ2) is 18.2. The average Bonchev–Trinajstić information content (AvgIpc) is 3.95. The number of rotatable bonds is 11. The highest BCUT2D eigenvalue weighted by atomic mass is 15.1. The van der Waals surface area contributed by atoms with Crippen LogP contribution < -0.4 is 0 Å². The van der Waals surface area contributed by atoms with Crippen LogP contribution in [0.4, 0.5) is 0 Å². The molecular weight excluding hydrogens is 853 g/mol. The van der Waals surface area contributed by atoms with Crippen LogP contribution in [0.25, 0.3) is 111 Å². The quantitative estimate of drug-likeness (QED) is 0.0958. The molecule has 11 aromatic rings. The molecule has 0 bridgehead atoms. The second-order valence-electron chi connectivity index (χ2n) is 19.7. The van der Waals surface area contributed by atoms with Gasteiger partial charge in [-0.1, -0.05) is 119 Å². The minimum absolute atomic E-state index is 0.434. The molecular formula is C64H58N6. The zero-order chi connectivity index (χ0) is 48.2. The Morgan fingerprint density at radius 1 is 0.500 bits per heavy atom. The van der Waals surface area contributed by atoms with Crippen molar-refractivity contribution in [1.82, 2.24) is 29.1 Å². The van der Waals surface area contributed by atoms with Gasteiger partial charge in [0.25, 0.3) is 0 Å². The first-order chi connectivity index (χ1) is 34.1. The molecule has 6 heteroatoms. The van der Waals surface area contributed by atoms with E-state index in [1.165, 1.54) is 21.9 Å². The largest absolute Gasteiger partial charge is 0.293 e. The van der Waals surface area contributed by atoms with Crippen molar-refractivity contribution in [3.8, 4) is 50.7 Å². The van der Waals surface area contributed by atoms with Crippen LogP contribution in [0.2, 0.25) is 0 Å². The van der Waals surface area contributed by atoms with E-state index in [-0.39, 0.29) is 0 Å². The van der Waals surface area contributed by atoms with Crippen molar-refractivity contribution in [3.05, 3.63) is 192 Å². The highest BCUT2D eigenvalue weighted by Gasteiger charge is 2.24. The van der Waals surface area contributed by atoms with Gasteiger partial charge < -0.3 is 0 Å². The van der Waals surface area contributed by atoms with E-state index in [0.717, 1.165) is 125 Å². The third-order valence-corrected chi connectivity index (χ3v) is 13.5. The molecule has 0 radical (unpaired) electrons. The normalized spacial score (nSPS) is 12.4. The van der Waals surface area contributed by atoms with E-state index in [1.807, 2.05) is 0 Å². The first-order valence-corrected chi connectivity index (χ1v) is 24.8. The molecule has 6 nitrogen and oxygen atoms in total. The predicted molar refractivity (Wildman–Crippen MR) is 296 cm³/mol. The fourth-order valence-electron chi connectivity index (χ4n) is 10.8. The molecule has 0 N–H and O–H groups in total. The Morgan fingerprint density at radius 2 is 0.986 bits per heavy atom. The highest BCUT2D eigenvalue weighted by Crippen LogP contribution is 2.45. The lowest BCUT2D eigenvalue weighted by Gasteiger charge is -2.21. The van der Waals surface area contributed by atoms with Gasteiger partial charge in [-0.2, -0.15) is 0 Å². The summed E-state index contributed by atoms with van der Waals surface area (Å²) < 4.78 is 4.57. The summed E-state index contributed by atoms with van der Waals surface area (Å²) in [4.78, 5) is 21.6. The summed E-state index contributed by atoms with van der Waals surface area (Å²) in [7, 11) is 0. The number of aromatic nitrogens is 6. The molecule has 7 aromatic carbocycles. The molecule has 0 aliphatic heterocycles.